The van der Waals surface area contributed by atoms with Gasteiger partial charge in [0.25, 0.3) is 5.91 Å². The number of benzene rings is 3. The van der Waals surface area contributed by atoms with E-state index in [1.54, 1.807) is 24.3 Å². The van der Waals surface area contributed by atoms with Crippen LogP contribution in [0.15, 0.2) is 65.7 Å². The smallest absolute Gasteiger partial charge is 0.251 e. The number of rotatable bonds is 10. The summed E-state index contributed by atoms with van der Waals surface area (Å²) >= 11 is 18.5. The molecule has 0 aliphatic carbocycles. The molecule has 0 aliphatic rings. The second-order valence-electron chi connectivity index (χ2n) is 8.71. The highest BCUT2D eigenvalue weighted by atomic mass is 35.5. The number of unbranched alkanes of at least 4 members (excludes halogenated alkanes) is 1. The lowest BCUT2D eigenvalue weighted by Crippen LogP contribution is -2.28. The summed E-state index contributed by atoms with van der Waals surface area (Å²) in [5, 5.41) is 4.51. The molecule has 0 unspecified atom stereocenters. The fraction of sp³-hybridized carbons (Fsp3) is 0.250. The first-order valence-corrected chi connectivity index (χ1v) is 13.3. The van der Waals surface area contributed by atoms with Crippen LogP contribution in [-0.4, -0.2) is 34.4 Å². The lowest BCUT2D eigenvalue weighted by Gasteiger charge is -2.11. The maximum absolute atomic E-state index is 12.8. The fourth-order valence-electron chi connectivity index (χ4n) is 3.93. The zero-order chi connectivity index (χ0) is 26.4. The van der Waals surface area contributed by atoms with Gasteiger partial charge in [-0.3, -0.25) is 9.79 Å². The number of hydrogen-bond acceptors (Lipinski definition) is 3. The third-order valence-corrected chi connectivity index (χ3v) is 6.93. The minimum Gasteiger partial charge on any atom is -0.387 e. The van der Waals surface area contributed by atoms with E-state index < -0.39 is 0 Å². The highest BCUT2D eigenvalue weighted by molar-refractivity contribution is 6.42. The average molecular weight is 593 g/mol. The molecular weight excluding hydrogens is 564 g/mol. The number of carbonyl (C=O) groups is 1. The van der Waals surface area contributed by atoms with Crippen molar-refractivity contribution in [2.45, 2.75) is 32.7 Å². The number of aromatic nitrogens is 2. The summed E-state index contributed by atoms with van der Waals surface area (Å²) in [7, 11) is 0. The van der Waals surface area contributed by atoms with Crippen molar-refractivity contribution in [3.8, 4) is 11.4 Å². The molecule has 4 rings (SSSR count). The number of nitrogens with two attached hydrogens (primary N) is 1. The first kappa shape index (κ1) is 29.8. The first-order valence-electron chi connectivity index (χ1n) is 12.1. The third-order valence-electron chi connectivity index (χ3n) is 5.94. The number of nitrogens with zero attached hydrogens (tertiary/aromatic N) is 3. The number of halogens is 4. The SMILES string of the molecule is CCCCN=C(N)CCNC(=O)c1ccc2c(c1)nc(-c1ccc(Cl)c(Cl)c1)n2Cc1ccc(Cl)cc1.Cl. The Morgan fingerprint density at radius 3 is 2.50 bits per heavy atom. The van der Waals surface area contributed by atoms with Crippen LogP contribution in [0.2, 0.25) is 15.1 Å². The number of carbonyl (C=O) groups excluding carboxylic acids is 1. The second kappa shape index (κ2) is 13.9. The Bertz CT molecular complexity index is 1430. The number of fused-ring (bicyclic) bond motifs is 1. The number of nitrogens with one attached hydrogen (secondary N) is 1. The molecule has 0 radical (unpaired) electrons. The molecule has 0 bridgehead atoms. The fourth-order valence-corrected chi connectivity index (χ4v) is 4.35. The Labute approximate surface area is 243 Å². The van der Waals surface area contributed by atoms with E-state index in [1.807, 2.05) is 36.4 Å². The Hall–Kier alpha value is -2.77. The molecule has 0 saturated heterocycles. The summed E-state index contributed by atoms with van der Waals surface area (Å²) in [5.74, 6) is 1.08. The predicted molar refractivity (Wildman–Crippen MR) is 161 cm³/mol. The molecule has 0 saturated carbocycles. The minimum atomic E-state index is -0.188. The summed E-state index contributed by atoms with van der Waals surface area (Å²) in [6.07, 6.45) is 2.58. The maximum atomic E-state index is 12.8. The van der Waals surface area contributed by atoms with Crippen LogP contribution in [0.1, 0.15) is 42.1 Å². The van der Waals surface area contributed by atoms with Crippen LogP contribution in [0.5, 0.6) is 0 Å². The summed E-state index contributed by atoms with van der Waals surface area (Å²) in [6.45, 7) is 3.80. The molecule has 1 amide bonds. The van der Waals surface area contributed by atoms with E-state index in [0.29, 0.717) is 58.0 Å². The van der Waals surface area contributed by atoms with Gasteiger partial charge < -0.3 is 15.6 Å². The van der Waals surface area contributed by atoms with E-state index in [2.05, 4.69) is 21.8 Å². The van der Waals surface area contributed by atoms with Crippen LogP contribution in [0, 0.1) is 0 Å². The lowest BCUT2D eigenvalue weighted by molar-refractivity contribution is 0.0955. The maximum Gasteiger partial charge on any atom is 0.251 e. The van der Waals surface area contributed by atoms with E-state index in [9.17, 15) is 4.79 Å². The van der Waals surface area contributed by atoms with Crippen LogP contribution in [-0.2, 0) is 6.54 Å². The predicted octanol–water partition coefficient (Wildman–Crippen LogP) is 7.41. The number of aliphatic imine (C=N–C) groups is 1. The quantitative estimate of drug-likeness (QED) is 0.114. The van der Waals surface area contributed by atoms with E-state index in [0.717, 1.165) is 35.3 Å². The molecule has 0 spiro atoms. The van der Waals surface area contributed by atoms with Gasteiger partial charge in [0, 0.05) is 42.2 Å². The highest BCUT2D eigenvalue weighted by Gasteiger charge is 2.16. The zero-order valence-corrected chi connectivity index (χ0v) is 24.0. The van der Waals surface area contributed by atoms with Gasteiger partial charge in [-0.05, 0) is 60.5 Å². The van der Waals surface area contributed by atoms with Gasteiger partial charge in [-0.15, -0.1) is 12.4 Å². The monoisotopic (exact) mass is 591 g/mol. The van der Waals surface area contributed by atoms with E-state index >= 15 is 0 Å². The largest absolute Gasteiger partial charge is 0.387 e. The lowest BCUT2D eigenvalue weighted by atomic mass is 10.1. The van der Waals surface area contributed by atoms with Gasteiger partial charge in [0.2, 0.25) is 0 Å². The number of hydrogen-bond donors (Lipinski definition) is 2. The van der Waals surface area contributed by atoms with Crippen molar-refractivity contribution in [3.05, 3.63) is 86.9 Å². The van der Waals surface area contributed by atoms with Gasteiger partial charge in [0.1, 0.15) is 5.82 Å². The number of amides is 1. The van der Waals surface area contributed by atoms with Crippen molar-refractivity contribution in [1.82, 2.24) is 14.9 Å². The molecule has 1 aromatic heterocycles. The van der Waals surface area contributed by atoms with Crippen LogP contribution in [0.3, 0.4) is 0 Å². The number of amidine groups is 1. The molecule has 0 aliphatic heterocycles. The van der Waals surface area contributed by atoms with Crippen molar-refractivity contribution in [2.24, 2.45) is 10.7 Å². The molecular formula is C28H29Cl4N5O. The molecule has 10 heteroatoms. The standard InChI is InChI=1S/C28H28Cl3N5O.ClH/c1-2-3-13-33-26(32)12-14-34-28(37)20-7-11-25-24(16-20)35-27(19-6-10-22(30)23(31)15-19)36(25)17-18-4-8-21(29)9-5-18;/h4-11,15-16H,2-3,12-14,17H2,1H3,(H2,32,33)(H,34,37);1H. The molecule has 3 aromatic carbocycles. The molecule has 0 atom stereocenters. The van der Waals surface area contributed by atoms with E-state index in [-0.39, 0.29) is 18.3 Å². The second-order valence-corrected chi connectivity index (χ2v) is 9.96. The van der Waals surface area contributed by atoms with Crippen molar-refractivity contribution in [3.63, 3.8) is 0 Å². The first-order chi connectivity index (χ1) is 17.9. The Kier molecular flexibility index (Phi) is 10.9. The van der Waals surface area contributed by atoms with Crippen LogP contribution in [0.4, 0.5) is 0 Å². The topological polar surface area (TPSA) is 85.3 Å². The van der Waals surface area contributed by atoms with Crippen LogP contribution < -0.4 is 11.1 Å². The van der Waals surface area contributed by atoms with Crippen molar-refractivity contribution in [2.75, 3.05) is 13.1 Å². The molecule has 3 N–H and O–H groups in total. The summed E-state index contributed by atoms with van der Waals surface area (Å²) in [5.41, 5.74) is 9.93. The summed E-state index contributed by atoms with van der Waals surface area (Å²) < 4.78 is 2.09. The van der Waals surface area contributed by atoms with Crippen molar-refractivity contribution < 1.29 is 4.79 Å². The molecule has 6 nitrogen and oxygen atoms in total. The normalized spacial score (nSPS) is 11.4. The molecule has 0 fully saturated rings. The molecule has 200 valence electrons. The Balaban J connectivity index is 0.00000400. The Morgan fingerprint density at radius 1 is 1.03 bits per heavy atom. The third kappa shape index (κ3) is 7.41. The van der Waals surface area contributed by atoms with Crippen molar-refractivity contribution >= 4 is 70.0 Å². The average Bonchev–Trinajstić information content (AvgIpc) is 3.24. The minimum absolute atomic E-state index is 0. The zero-order valence-electron chi connectivity index (χ0n) is 20.9. The van der Waals surface area contributed by atoms with Gasteiger partial charge >= 0.3 is 0 Å². The molecule has 1 heterocycles. The van der Waals surface area contributed by atoms with Crippen LogP contribution >= 0.6 is 47.2 Å². The van der Waals surface area contributed by atoms with Gasteiger partial charge in [0.15, 0.2) is 0 Å². The van der Waals surface area contributed by atoms with E-state index in [4.69, 9.17) is 45.5 Å². The van der Waals surface area contributed by atoms with Gasteiger partial charge in [-0.25, -0.2) is 4.98 Å². The van der Waals surface area contributed by atoms with Crippen molar-refractivity contribution in [1.29, 1.82) is 0 Å². The summed E-state index contributed by atoms with van der Waals surface area (Å²) in [6, 6.07) is 18.6. The molecule has 38 heavy (non-hydrogen) atoms. The summed E-state index contributed by atoms with van der Waals surface area (Å²) in [4.78, 5) is 22.0. The Morgan fingerprint density at radius 2 is 1.79 bits per heavy atom. The van der Waals surface area contributed by atoms with Gasteiger partial charge in [0.05, 0.1) is 26.9 Å². The van der Waals surface area contributed by atoms with Crippen LogP contribution in [0.25, 0.3) is 22.4 Å². The van der Waals surface area contributed by atoms with Gasteiger partial charge in [-0.1, -0.05) is 60.3 Å². The number of imidazole rings is 1. The van der Waals surface area contributed by atoms with E-state index in [1.165, 1.54) is 0 Å². The highest BCUT2D eigenvalue weighted by Crippen LogP contribution is 2.31. The molecule has 4 aromatic rings. The van der Waals surface area contributed by atoms with Gasteiger partial charge in [-0.2, -0.15) is 0 Å².